The van der Waals surface area contributed by atoms with Gasteiger partial charge < -0.3 is 24.3 Å². The summed E-state index contributed by atoms with van der Waals surface area (Å²) in [6, 6.07) is 13.6. The molecule has 0 aliphatic rings. The Hall–Kier alpha value is -3.22. The van der Waals surface area contributed by atoms with Crippen LogP contribution in [0.1, 0.15) is 26.3 Å². The highest BCUT2D eigenvalue weighted by molar-refractivity contribution is 5.81. The van der Waals surface area contributed by atoms with E-state index in [1.54, 1.807) is 40.0 Å². The fourth-order valence-electron chi connectivity index (χ4n) is 2.49. The molecule has 0 heterocycles. The molecular formula is C22H27NO6. The summed E-state index contributed by atoms with van der Waals surface area (Å²) < 4.78 is 20.9. The standard InChI is InChI=1S/C22H27NO6/c1-22(2,3)29-21(25)23-19(20(24)27-5)14-15-6-8-17(9-7-15)28-18-12-10-16(26-4)11-13-18/h6-13,19H,14H2,1-5H3,(H,23,25)/t19-/m1/s1. The predicted octanol–water partition coefficient (Wildman–Crippen LogP) is 4.10. The third-order valence-electron chi connectivity index (χ3n) is 3.83. The number of rotatable bonds is 7. The summed E-state index contributed by atoms with van der Waals surface area (Å²) in [5.74, 6) is 1.53. The number of carbonyl (C=O) groups excluding carboxylic acids is 2. The van der Waals surface area contributed by atoms with Crippen LogP contribution in [0.3, 0.4) is 0 Å². The lowest BCUT2D eigenvalue weighted by atomic mass is 10.1. The van der Waals surface area contributed by atoms with Gasteiger partial charge in [-0.2, -0.15) is 0 Å². The van der Waals surface area contributed by atoms with E-state index in [1.165, 1.54) is 7.11 Å². The average Bonchev–Trinajstić information content (AvgIpc) is 2.67. The molecule has 0 aliphatic carbocycles. The summed E-state index contributed by atoms with van der Waals surface area (Å²) in [5.41, 5.74) is 0.170. The van der Waals surface area contributed by atoms with E-state index >= 15 is 0 Å². The zero-order valence-electron chi connectivity index (χ0n) is 17.4. The minimum absolute atomic E-state index is 0.259. The number of hydrogen-bond donors (Lipinski definition) is 1. The average molecular weight is 401 g/mol. The van der Waals surface area contributed by atoms with Gasteiger partial charge in [0.25, 0.3) is 0 Å². The van der Waals surface area contributed by atoms with Crippen LogP contribution in [-0.4, -0.2) is 37.9 Å². The molecule has 0 saturated heterocycles. The van der Waals surface area contributed by atoms with Crippen molar-refractivity contribution in [3.8, 4) is 17.2 Å². The molecule has 0 fully saturated rings. The topological polar surface area (TPSA) is 83.1 Å². The minimum atomic E-state index is -0.858. The van der Waals surface area contributed by atoms with Crippen molar-refractivity contribution in [1.82, 2.24) is 5.32 Å². The van der Waals surface area contributed by atoms with Gasteiger partial charge in [0.05, 0.1) is 14.2 Å². The SMILES string of the molecule is COC(=O)[C@@H](Cc1ccc(Oc2ccc(OC)cc2)cc1)NC(=O)OC(C)(C)C. The number of benzene rings is 2. The number of ether oxygens (including phenoxy) is 4. The predicted molar refractivity (Wildman–Crippen MR) is 108 cm³/mol. The number of alkyl carbamates (subject to hydrolysis) is 1. The first-order chi connectivity index (χ1) is 13.7. The summed E-state index contributed by atoms with van der Waals surface area (Å²) in [6.45, 7) is 5.25. The summed E-state index contributed by atoms with van der Waals surface area (Å²) in [6.07, 6.45) is -0.415. The van der Waals surface area contributed by atoms with Gasteiger partial charge in [-0.25, -0.2) is 9.59 Å². The molecule has 2 rings (SSSR count). The number of methoxy groups -OCH3 is 2. The van der Waals surface area contributed by atoms with E-state index in [2.05, 4.69) is 5.32 Å². The number of amides is 1. The van der Waals surface area contributed by atoms with Crippen molar-refractivity contribution >= 4 is 12.1 Å². The van der Waals surface area contributed by atoms with E-state index in [0.29, 0.717) is 11.5 Å². The van der Waals surface area contributed by atoms with Crippen molar-refractivity contribution < 1.29 is 28.5 Å². The second kappa shape index (κ2) is 9.82. The largest absolute Gasteiger partial charge is 0.497 e. The van der Waals surface area contributed by atoms with Crippen LogP contribution in [0.25, 0.3) is 0 Å². The van der Waals surface area contributed by atoms with Crippen LogP contribution in [0.4, 0.5) is 4.79 Å². The van der Waals surface area contributed by atoms with Crippen molar-refractivity contribution in [2.24, 2.45) is 0 Å². The molecule has 0 saturated carbocycles. The summed E-state index contributed by atoms with van der Waals surface area (Å²) in [7, 11) is 2.88. The highest BCUT2D eigenvalue weighted by Gasteiger charge is 2.25. The monoisotopic (exact) mass is 401 g/mol. The van der Waals surface area contributed by atoms with Crippen LogP contribution in [0.15, 0.2) is 48.5 Å². The van der Waals surface area contributed by atoms with Crippen molar-refractivity contribution in [1.29, 1.82) is 0 Å². The lowest BCUT2D eigenvalue weighted by Crippen LogP contribution is -2.45. The Labute approximate surface area is 170 Å². The van der Waals surface area contributed by atoms with Crippen molar-refractivity contribution in [3.05, 3.63) is 54.1 Å². The van der Waals surface area contributed by atoms with Crippen LogP contribution in [0.5, 0.6) is 17.2 Å². The molecule has 0 aromatic heterocycles. The van der Waals surface area contributed by atoms with E-state index < -0.39 is 23.7 Å². The van der Waals surface area contributed by atoms with Crippen LogP contribution < -0.4 is 14.8 Å². The number of hydrogen-bond acceptors (Lipinski definition) is 6. The molecule has 2 aromatic rings. The maximum absolute atomic E-state index is 12.1. The lowest BCUT2D eigenvalue weighted by molar-refractivity contribution is -0.143. The van der Waals surface area contributed by atoms with Gasteiger partial charge in [0, 0.05) is 6.42 Å². The van der Waals surface area contributed by atoms with Crippen LogP contribution in [0, 0.1) is 0 Å². The molecule has 0 bridgehead atoms. The first kappa shape index (κ1) is 22.1. The molecule has 2 aromatic carbocycles. The molecule has 0 unspecified atom stereocenters. The third kappa shape index (κ3) is 7.37. The Morgan fingerprint density at radius 3 is 1.90 bits per heavy atom. The molecule has 29 heavy (non-hydrogen) atoms. The Bertz CT molecular complexity index is 809. The molecule has 1 N–H and O–H groups in total. The highest BCUT2D eigenvalue weighted by atomic mass is 16.6. The Morgan fingerprint density at radius 2 is 1.41 bits per heavy atom. The van der Waals surface area contributed by atoms with Crippen molar-refractivity contribution in [2.75, 3.05) is 14.2 Å². The Kier molecular flexibility index (Phi) is 7.47. The maximum Gasteiger partial charge on any atom is 0.408 e. The molecule has 7 heteroatoms. The molecule has 0 aliphatic heterocycles. The number of carbonyl (C=O) groups is 2. The third-order valence-corrected chi connectivity index (χ3v) is 3.83. The van der Waals surface area contributed by atoms with Gasteiger partial charge >= 0.3 is 12.1 Å². The number of nitrogens with one attached hydrogen (secondary N) is 1. The second-order valence-electron chi connectivity index (χ2n) is 7.35. The maximum atomic E-state index is 12.1. The zero-order valence-corrected chi connectivity index (χ0v) is 17.4. The normalized spacial score (nSPS) is 11.9. The van der Waals surface area contributed by atoms with Crippen LogP contribution in [-0.2, 0) is 20.7 Å². The quantitative estimate of drug-likeness (QED) is 0.704. The molecule has 7 nitrogen and oxygen atoms in total. The fourth-order valence-corrected chi connectivity index (χ4v) is 2.49. The lowest BCUT2D eigenvalue weighted by Gasteiger charge is -2.22. The van der Waals surface area contributed by atoms with E-state index in [1.807, 2.05) is 36.4 Å². The molecule has 0 radical (unpaired) electrons. The minimum Gasteiger partial charge on any atom is -0.497 e. The van der Waals surface area contributed by atoms with Gasteiger partial charge in [-0.05, 0) is 62.7 Å². The molecule has 1 atom stereocenters. The van der Waals surface area contributed by atoms with Crippen LogP contribution >= 0.6 is 0 Å². The highest BCUT2D eigenvalue weighted by Crippen LogP contribution is 2.24. The van der Waals surface area contributed by atoms with Crippen LogP contribution in [0.2, 0.25) is 0 Å². The first-order valence-corrected chi connectivity index (χ1v) is 9.18. The first-order valence-electron chi connectivity index (χ1n) is 9.18. The van der Waals surface area contributed by atoms with Gasteiger partial charge in [-0.3, -0.25) is 0 Å². The molecule has 156 valence electrons. The van der Waals surface area contributed by atoms with E-state index in [0.717, 1.165) is 11.3 Å². The van der Waals surface area contributed by atoms with Gasteiger partial charge in [0.2, 0.25) is 0 Å². The van der Waals surface area contributed by atoms with Gasteiger partial charge in [-0.1, -0.05) is 12.1 Å². The van der Waals surface area contributed by atoms with Gasteiger partial charge in [0.15, 0.2) is 0 Å². The second-order valence-corrected chi connectivity index (χ2v) is 7.35. The fraction of sp³-hybridized carbons (Fsp3) is 0.364. The van der Waals surface area contributed by atoms with Gasteiger partial charge in [0.1, 0.15) is 28.9 Å². The van der Waals surface area contributed by atoms with Crippen molar-refractivity contribution in [3.63, 3.8) is 0 Å². The Balaban J connectivity index is 2.01. The molecular weight excluding hydrogens is 374 g/mol. The van der Waals surface area contributed by atoms with Gasteiger partial charge in [-0.15, -0.1) is 0 Å². The molecule has 1 amide bonds. The molecule has 0 spiro atoms. The zero-order chi connectivity index (χ0) is 21.4. The van der Waals surface area contributed by atoms with Crippen molar-refractivity contribution in [2.45, 2.75) is 38.8 Å². The smallest absolute Gasteiger partial charge is 0.408 e. The van der Waals surface area contributed by atoms with E-state index in [9.17, 15) is 9.59 Å². The number of esters is 1. The summed E-state index contributed by atoms with van der Waals surface area (Å²) in [4.78, 5) is 24.1. The summed E-state index contributed by atoms with van der Waals surface area (Å²) >= 11 is 0. The summed E-state index contributed by atoms with van der Waals surface area (Å²) in [5, 5.41) is 2.56. The Morgan fingerprint density at radius 1 is 0.897 bits per heavy atom. The van der Waals surface area contributed by atoms with E-state index in [4.69, 9.17) is 18.9 Å². The van der Waals surface area contributed by atoms with E-state index in [-0.39, 0.29) is 6.42 Å².